The molecule has 0 aliphatic carbocycles. The molecule has 19 heavy (non-hydrogen) atoms. The summed E-state index contributed by atoms with van der Waals surface area (Å²) in [5.74, 6) is -1.28. The highest BCUT2D eigenvalue weighted by Crippen LogP contribution is 2.23. The van der Waals surface area contributed by atoms with E-state index in [2.05, 4.69) is 15.9 Å². The predicted octanol–water partition coefficient (Wildman–Crippen LogP) is 3.99. The van der Waals surface area contributed by atoms with Gasteiger partial charge in [-0.1, -0.05) is 70.5 Å². The van der Waals surface area contributed by atoms with Gasteiger partial charge >= 0.3 is 5.97 Å². The van der Waals surface area contributed by atoms with Crippen molar-refractivity contribution in [3.8, 4) is 0 Å². The number of hydrogen-bond donors (Lipinski definition) is 1. The lowest BCUT2D eigenvalue weighted by Crippen LogP contribution is -2.14. The van der Waals surface area contributed by atoms with Gasteiger partial charge in [-0.15, -0.1) is 0 Å². The zero-order chi connectivity index (χ0) is 13.7. The fourth-order valence-electron chi connectivity index (χ4n) is 2.09. The summed E-state index contributed by atoms with van der Waals surface area (Å²) in [4.78, 5) is 11.5. The van der Waals surface area contributed by atoms with E-state index < -0.39 is 11.9 Å². The summed E-state index contributed by atoms with van der Waals surface area (Å²) in [5.41, 5.74) is 2.99. The molecule has 3 heteroatoms. The monoisotopic (exact) mass is 318 g/mol. The number of hydrogen-bond acceptors (Lipinski definition) is 1. The predicted molar refractivity (Wildman–Crippen MR) is 79.6 cm³/mol. The molecule has 1 unspecified atom stereocenters. The smallest absolute Gasteiger partial charge is 0.311 e. The third kappa shape index (κ3) is 3.67. The molecule has 2 aromatic rings. The Kier molecular flexibility index (Phi) is 4.74. The molecule has 98 valence electrons. The van der Waals surface area contributed by atoms with E-state index in [9.17, 15) is 9.90 Å². The number of carboxylic acids is 1. The van der Waals surface area contributed by atoms with Crippen LogP contribution >= 0.6 is 15.9 Å². The summed E-state index contributed by atoms with van der Waals surface area (Å²) in [6.45, 7) is 0. The van der Waals surface area contributed by atoms with Crippen LogP contribution in [0.2, 0.25) is 0 Å². The quantitative estimate of drug-likeness (QED) is 0.846. The van der Waals surface area contributed by atoms with Crippen LogP contribution in [0.4, 0.5) is 0 Å². The van der Waals surface area contributed by atoms with Crippen LogP contribution in [0.3, 0.4) is 0 Å². The van der Waals surface area contributed by atoms with Gasteiger partial charge < -0.3 is 5.11 Å². The maximum absolute atomic E-state index is 11.5. The van der Waals surface area contributed by atoms with Crippen molar-refractivity contribution in [2.75, 3.05) is 0 Å². The minimum atomic E-state index is -0.782. The van der Waals surface area contributed by atoms with E-state index in [1.807, 2.05) is 54.6 Å². The Morgan fingerprint density at radius 1 is 1.05 bits per heavy atom. The van der Waals surface area contributed by atoms with Crippen LogP contribution in [0, 0.1) is 0 Å². The van der Waals surface area contributed by atoms with Gasteiger partial charge in [0, 0.05) is 5.33 Å². The zero-order valence-electron chi connectivity index (χ0n) is 10.4. The highest BCUT2D eigenvalue weighted by molar-refractivity contribution is 9.08. The van der Waals surface area contributed by atoms with Crippen molar-refractivity contribution in [1.82, 2.24) is 0 Å². The molecule has 2 nitrogen and oxygen atoms in total. The van der Waals surface area contributed by atoms with Crippen LogP contribution in [0.1, 0.15) is 22.6 Å². The summed E-state index contributed by atoms with van der Waals surface area (Å²) in [5, 5.41) is 10.2. The van der Waals surface area contributed by atoms with Gasteiger partial charge in [0.1, 0.15) is 0 Å². The number of alkyl halides is 1. The average Bonchev–Trinajstić information content (AvgIpc) is 2.45. The van der Waals surface area contributed by atoms with Crippen LogP contribution in [-0.4, -0.2) is 11.1 Å². The number of carboxylic acid groups (broad SMARTS) is 1. The molecule has 2 aromatic carbocycles. The first-order valence-corrected chi connectivity index (χ1v) is 7.24. The molecule has 0 amide bonds. The van der Waals surface area contributed by atoms with Crippen molar-refractivity contribution >= 4 is 21.9 Å². The molecule has 2 rings (SSSR count). The molecule has 0 fully saturated rings. The van der Waals surface area contributed by atoms with Crippen LogP contribution < -0.4 is 0 Å². The second kappa shape index (κ2) is 6.53. The van der Waals surface area contributed by atoms with Gasteiger partial charge in [-0.3, -0.25) is 4.79 Å². The number of benzene rings is 2. The molecule has 0 saturated carbocycles. The highest BCUT2D eigenvalue weighted by Gasteiger charge is 2.20. The minimum Gasteiger partial charge on any atom is -0.481 e. The summed E-state index contributed by atoms with van der Waals surface area (Å²) >= 11 is 3.40. The highest BCUT2D eigenvalue weighted by atomic mass is 79.9. The largest absolute Gasteiger partial charge is 0.481 e. The third-order valence-electron chi connectivity index (χ3n) is 3.09. The first kappa shape index (κ1) is 13.8. The normalized spacial score (nSPS) is 12.1. The number of aliphatic carboxylic acids is 1. The molecule has 0 aromatic heterocycles. The Labute approximate surface area is 121 Å². The molecule has 0 heterocycles. The molecule has 0 aliphatic heterocycles. The van der Waals surface area contributed by atoms with E-state index in [4.69, 9.17) is 0 Å². The van der Waals surface area contributed by atoms with Crippen LogP contribution in [0.15, 0.2) is 54.6 Å². The number of carbonyl (C=O) groups is 1. The molecule has 0 aliphatic rings. The van der Waals surface area contributed by atoms with Gasteiger partial charge in [-0.05, 0) is 23.1 Å². The maximum Gasteiger partial charge on any atom is 0.311 e. The van der Waals surface area contributed by atoms with Crippen molar-refractivity contribution in [3.63, 3.8) is 0 Å². The van der Waals surface area contributed by atoms with E-state index in [1.54, 1.807) is 0 Å². The van der Waals surface area contributed by atoms with E-state index in [-0.39, 0.29) is 0 Å². The molecule has 0 bridgehead atoms. The molecule has 0 saturated heterocycles. The van der Waals surface area contributed by atoms with Crippen LogP contribution in [-0.2, 0) is 16.5 Å². The molecule has 1 atom stereocenters. The van der Waals surface area contributed by atoms with Crippen molar-refractivity contribution < 1.29 is 9.90 Å². The first-order chi connectivity index (χ1) is 9.20. The van der Waals surface area contributed by atoms with Crippen molar-refractivity contribution in [3.05, 3.63) is 71.3 Å². The summed E-state index contributed by atoms with van der Waals surface area (Å²) in [6, 6.07) is 17.5. The summed E-state index contributed by atoms with van der Waals surface area (Å²) < 4.78 is 0. The van der Waals surface area contributed by atoms with E-state index in [0.717, 1.165) is 22.0 Å². The summed E-state index contributed by atoms with van der Waals surface area (Å²) in [6.07, 6.45) is 0.516. The van der Waals surface area contributed by atoms with Crippen molar-refractivity contribution in [2.24, 2.45) is 0 Å². The number of halogens is 1. The standard InChI is InChI=1S/C16H15BrO2/c17-11-13-7-4-8-14(9-13)15(16(18)19)10-12-5-2-1-3-6-12/h1-9,15H,10-11H2,(H,18,19). The lowest BCUT2D eigenvalue weighted by Gasteiger charge is -2.13. The van der Waals surface area contributed by atoms with E-state index in [0.29, 0.717) is 6.42 Å². The third-order valence-corrected chi connectivity index (χ3v) is 3.74. The zero-order valence-corrected chi connectivity index (χ0v) is 12.0. The topological polar surface area (TPSA) is 37.3 Å². The fourth-order valence-corrected chi connectivity index (χ4v) is 2.44. The SMILES string of the molecule is O=C(O)C(Cc1ccccc1)c1cccc(CBr)c1. The van der Waals surface area contributed by atoms with E-state index >= 15 is 0 Å². The fraction of sp³-hybridized carbons (Fsp3) is 0.188. The molecular formula is C16H15BrO2. The van der Waals surface area contributed by atoms with Gasteiger partial charge in [0.25, 0.3) is 0 Å². The van der Waals surface area contributed by atoms with Crippen molar-refractivity contribution in [1.29, 1.82) is 0 Å². The lowest BCUT2D eigenvalue weighted by atomic mass is 9.91. The average molecular weight is 319 g/mol. The Bertz CT molecular complexity index is 552. The van der Waals surface area contributed by atoms with Crippen LogP contribution in [0.25, 0.3) is 0 Å². The number of rotatable bonds is 5. The maximum atomic E-state index is 11.5. The molecule has 0 radical (unpaired) electrons. The molecule has 0 spiro atoms. The lowest BCUT2D eigenvalue weighted by molar-refractivity contribution is -0.138. The minimum absolute atomic E-state index is 0.499. The van der Waals surface area contributed by atoms with Crippen molar-refractivity contribution in [2.45, 2.75) is 17.7 Å². The van der Waals surface area contributed by atoms with Gasteiger partial charge in [0.05, 0.1) is 5.92 Å². The molecular weight excluding hydrogens is 304 g/mol. The van der Waals surface area contributed by atoms with Gasteiger partial charge in [0.2, 0.25) is 0 Å². The van der Waals surface area contributed by atoms with Gasteiger partial charge in [-0.25, -0.2) is 0 Å². The second-order valence-corrected chi connectivity index (χ2v) is 5.02. The summed E-state index contributed by atoms with van der Waals surface area (Å²) in [7, 11) is 0. The Balaban J connectivity index is 2.27. The van der Waals surface area contributed by atoms with Gasteiger partial charge in [-0.2, -0.15) is 0 Å². The second-order valence-electron chi connectivity index (χ2n) is 4.46. The first-order valence-electron chi connectivity index (χ1n) is 6.12. The van der Waals surface area contributed by atoms with Gasteiger partial charge in [0.15, 0.2) is 0 Å². The van der Waals surface area contributed by atoms with E-state index in [1.165, 1.54) is 0 Å². The Hall–Kier alpha value is -1.61. The Morgan fingerprint density at radius 2 is 1.74 bits per heavy atom. The molecule has 1 N–H and O–H groups in total. The van der Waals surface area contributed by atoms with Crippen LogP contribution in [0.5, 0.6) is 0 Å². The Morgan fingerprint density at radius 3 is 2.37 bits per heavy atom.